The number of hydrogen-bond donors (Lipinski definition) is 2. The second-order valence-corrected chi connectivity index (χ2v) is 8.08. The molecule has 1 heterocycles. The van der Waals surface area contributed by atoms with Crippen LogP contribution in [-0.4, -0.2) is 44.8 Å². The lowest BCUT2D eigenvalue weighted by atomic mass is 10.0. The quantitative estimate of drug-likeness (QED) is 0.542. The molecule has 172 valence electrons. The van der Waals surface area contributed by atoms with Gasteiger partial charge < -0.3 is 24.8 Å². The molecule has 1 unspecified atom stereocenters. The van der Waals surface area contributed by atoms with E-state index in [2.05, 4.69) is 10.6 Å². The number of ether oxygens (including phenoxy) is 3. The molecule has 3 aromatic carbocycles. The summed E-state index contributed by atoms with van der Waals surface area (Å²) in [5.74, 6) is 0.292. The predicted molar refractivity (Wildman–Crippen MR) is 127 cm³/mol. The molecule has 7 nitrogen and oxygen atoms in total. The molecule has 3 aromatic rings. The maximum atomic E-state index is 13.2. The van der Waals surface area contributed by atoms with Crippen LogP contribution in [0.2, 0.25) is 0 Å². The third kappa shape index (κ3) is 5.62. The van der Waals surface area contributed by atoms with E-state index < -0.39 is 0 Å². The van der Waals surface area contributed by atoms with Gasteiger partial charge in [-0.2, -0.15) is 0 Å². The lowest BCUT2D eigenvalue weighted by Crippen LogP contribution is -2.35. The van der Waals surface area contributed by atoms with Crippen molar-refractivity contribution in [1.29, 1.82) is 0 Å². The molecule has 2 amide bonds. The standard InChI is InChI=1S/C26H28N2O5/c1-17-9-10-23(31-2)22(12-17)28-26(30)21-13-18-6-3-4-7-19(18)14-24(21)33-16-25(29)27-15-20-8-5-11-32-20/h3-4,6-7,9-10,12-14,20H,5,8,11,15-16H2,1-2H3,(H,27,29)(H,28,30). The van der Waals surface area contributed by atoms with Crippen LogP contribution in [0.3, 0.4) is 0 Å². The number of hydrogen-bond acceptors (Lipinski definition) is 5. The maximum Gasteiger partial charge on any atom is 0.259 e. The van der Waals surface area contributed by atoms with Gasteiger partial charge in [0.25, 0.3) is 11.8 Å². The molecule has 7 heteroatoms. The van der Waals surface area contributed by atoms with Gasteiger partial charge in [-0.1, -0.05) is 30.3 Å². The summed E-state index contributed by atoms with van der Waals surface area (Å²) in [6.45, 7) is 2.94. The van der Waals surface area contributed by atoms with E-state index >= 15 is 0 Å². The molecule has 1 saturated heterocycles. The number of aryl methyl sites for hydroxylation is 1. The van der Waals surface area contributed by atoms with Crippen molar-refractivity contribution in [2.24, 2.45) is 0 Å². The summed E-state index contributed by atoms with van der Waals surface area (Å²) in [5.41, 5.74) is 1.89. The van der Waals surface area contributed by atoms with E-state index in [4.69, 9.17) is 14.2 Å². The highest BCUT2D eigenvalue weighted by atomic mass is 16.5. The summed E-state index contributed by atoms with van der Waals surface area (Å²) in [5, 5.41) is 7.56. The van der Waals surface area contributed by atoms with Crippen LogP contribution in [0, 0.1) is 6.92 Å². The van der Waals surface area contributed by atoms with E-state index in [1.807, 2.05) is 43.3 Å². The molecule has 1 fully saturated rings. The first-order valence-corrected chi connectivity index (χ1v) is 11.0. The Morgan fingerprint density at radius 3 is 2.58 bits per heavy atom. The third-order valence-corrected chi connectivity index (χ3v) is 5.61. The molecule has 0 aromatic heterocycles. The average molecular weight is 449 g/mol. The fourth-order valence-electron chi connectivity index (χ4n) is 3.85. The molecule has 0 bridgehead atoms. The number of carbonyl (C=O) groups excluding carboxylic acids is 2. The molecule has 33 heavy (non-hydrogen) atoms. The van der Waals surface area contributed by atoms with Crippen molar-refractivity contribution in [1.82, 2.24) is 5.32 Å². The first-order chi connectivity index (χ1) is 16.0. The summed E-state index contributed by atoms with van der Waals surface area (Å²) in [6, 6.07) is 16.8. The van der Waals surface area contributed by atoms with Crippen molar-refractivity contribution in [3.8, 4) is 11.5 Å². The van der Waals surface area contributed by atoms with Gasteiger partial charge in [0, 0.05) is 13.2 Å². The molecular formula is C26H28N2O5. The summed E-state index contributed by atoms with van der Waals surface area (Å²) >= 11 is 0. The van der Waals surface area contributed by atoms with Crippen LogP contribution in [-0.2, 0) is 9.53 Å². The Morgan fingerprint density at radius 1 is 1.06 bits per heavy atom. The van der Waals surface area contributed by atoms with Crippen LogP contribution in [0.1, 0.15) is 28.8 Å². The van der Waals surface area contributed by atoms with Crippen LogP contribution in [0.5, 0.6) is 11.5 Å². The van der Waals surface area contributed by atoms with Gasteiger partial charge in [0.2, 0.25) is 0 Å². The molecule has 1 aliphatic heterocycles. The fraction of sp³-hybridized carbons (Fsp3) is 0.308. The normalized spacial score (nSPS) is 15.3. The van der Waals surface area contributed by atoms with E-state index in [-0.39, 0.29) is 24.5 Å². The third-order valence-electron chi connectivity index (χ3n) is 5.61. The van der Waals surface area contributed by atoms with Crippen molar-refractivity contribution < 1.29 is 23.8 Å². The second-order valence-electron chi connectivity index (χ2n) is 8.08. The maximum absolute atomic E-state index is 13.2. The highest BCUT2D eigenvalue weighted by Crippen LogP contribution is 2.30. The number of fused-ring (bicyclic) bond motifs is 1. The van der Waals surface area contributed by atoms with Crippen molar-refractivity contribution in [3.63, 3.8) is 0 Å². The first kappa shape index (κ1) is 22.6. The zero-order valence-electron chi connectivity index (χ0n) is 18.9. The number of nitrogens with one attached hydrogen (secondary N) is 2. The molecule has 0 radical (unpaired) electrons. The van der Waals surface area contributed by atoms with Crippen LogP contribution in [0.25, 0.3) is 10.8 Å². The minimum absolute atomic E-state index is 0.0558. The topological polar surface area (TPSA) is 85.9 Å². The van der Waals surface area contributed by atoms with Gasteiger partial charge in [0.1, 0.15) is 11.5 Å². The average Bonchev–Trinajstić information content (AvgIpc) is 3.34. The van der Waals surface area contributed by atoms with Gasteiger partial charge in [-0.3, -0.25) is 9.59 Å². The largest absolute Gasteiger partial charge is 0.495 e. The van der Waals surface area contributed by atoms with E-state index in [0.29, 0.717) is 29.3 Å². The number of benzene rings is 3. The van der Waals surface area contributed by atoms with Gasteiger partial charge in [0.05, 0.1) is 24.5 Å². The monoisotopic (exact) mass is 448 g/mol. The second kappa shape index (κ2) is 10.4. The number of rotatable bonds is 8. The van der Waals surface area contributed by atoms with E-state index in [1.54, 1.807) is 25.3 Å². The first-order valence-electron chi connectivity index (χ1n) is 11.0. The molecule has 1 atom stereocenters. The predicted octanol–water partition coefficient (Wildman–Crippen LogP) is 4.08. The van der Waals surface area contributed by atoms with Gasteiger partial charge in [-0.25, -0.2) is 0 Å². The number of carbonyl (C=O) groups is 2. The van der Waals surface area contributed by atoms with E-state index in [1.165, 1.54) is 0 Å². The smallest absolute Gasteiger partial charge is 0.259 e. The van der Waals surface area contributed by atoms with Gasteiger partial charge in [-0.15, -0.1) is 0 Å². The Bertz CT molecular complexity index is 1150. The van der Waals surface area contributed by atoms with Crippen molar-refractivity contribution in [2.45, 2.75) is 25.9 Å². The van der Waals surface area contributed by atoms with Crippen LogP contribution >= 0.6 is 0 Å². The summed E-state index contributed by atoms with van der Waals surface area (Å²) in [4.78, 5) is 25.6. The van der Waals surface area contributed by atoms with Gasteiger partial charge in [-0.05, 0) is 60.4 Å². The summed E-state index contributed by atoms with van der Waals surface area (Å²) in [7, 11) is 1.56. The van der Waals surface area contributed by atoms with Crippen LogP contribution < -0.4 is 20.1 Å². The Balaban J connectivity index is 1.53. The summed E-state index contributed by atoms with van der Waals surface area (Å²) in [6.07, 6.45) is 2.01. The van der Waals surface area contributed by atoms with Crippen molar-refractivity contribution in [2.75, 3.05) is 32.2 Å². The molecular weight excluding hydrogens is 420 g/mol. The molecule has 4 rings (SSSR count). The Hall–Kier alpha value is -3.58. The molecule has 1 aliphatic rings. The van der Waals surface area contributed by atoms with Crippen molar-refractivity contribution >= 4 is 28.3 Å². The number of amides is 2. The Kier molecular flexibility index (Phi) is 7.10. The zero-order chi connectivity index (χ0) is 23.2. The summed E-state index contributed by atoms with van der Waals surface area (Å²) < 4.78 is 16.7. The SMILES string of the molecule is COc1ccc(C)cc1NC(=O)c1cc2ccccc2cc1OCC(=O)NCC1CCCO1. The number of anilines is 1. The van der Waals surface area contributed by atoms with Gasteiger partial charge >= 0.3 is 0 Å². The zero-order valence-corrected chi connectivity index (χ0v) is 18.9. The minimum Gasteiger partial charge on any atom is -0.495 e. The fourth-order valence-corrected chi connectivity index (χ4v) is 3.85. The molecule has 0 saturated carbocycles. The number of methoxy groups -OCH3 is 1. The molecule has 2 N–H and O–H groups in total. The van der Waals surface area contributed by atoms with Crippen LogP contribution in [0.15, 0.2) is 54.6 Å². The molecule has 0 spiro atoms. The minimum atomic E-state index is -0.348. The Labute approximate surface area is 193 Å². The van der Waals surface area contributed by atoms with Crippen molar-refractivity contribution in [3.05, 3.63) is 65.7 Å². The molecule has 0 aliphatic carbocycles. The lowest BCUT2D eigenvalue weighted by Gasteiger charge is -2.15. The lowest BCUT2D eigenvalue weighted by molar-refractivity contribution is -0.123. The highest BCUT2D eigenvalue weighted by molar-refractivity contribution is 6.09. The van der Waals surface area contributed by atoms with E-state index in [9.17, 15) is 9.59 Å². The highest BCUT2D eigenvalue weighted by Gasteiger charge is 2.19. The van der Waals surface area contributed by atoms with E-state index in [0.717, 1.165) is 35.8 Å². The van der Waals surface area contributed by atoms with Gasteiger partial charge in [0.15, 0.2) is 6.61 Å². The van der Waals surface area contributed by atoms with Crippen LogP contribution in [0.4, 0.5) is 5.69 Å². The Morgan fingerprint density at radius 2 is 1.85 bits per heavy atom.